The summed E-state index contributed by atoms with van der Waals surface area (Å²) < 4.78 is 0. The van der Waals surface area contributed by atoms with Gasteiger partial charge in [0.1, 0.15) is 0 Å². The van der Waals surface area contributed by atoms with E-state index in [2.05, 4.69) is 4.98 Å². The van der Waals surface area contributed by atoms with E-state index in [1.165, 1.54) is 6.20 Å². The molecule has 1 aromatic heterocycles. The van der Waals surface area contributed by atoms with E-state index in [1.54, 1.807) is 0 Å². The third-order valence-corrected chi connectivity index (χ3v) is 2.51. The van der Waals surface area contributed by atoms with E-state index < -0.39 is 0 Å². The van der Waals surface area contributed by atoms with E-state index >= 15 is 0 Å². The number of carbonyl (C=O) groups excluding carboxylic acids is 1. The molecule has 1 aliphatic carbocycles. The van der Waals surface area contributed by atoms with Gasteiger partial charge in [-0.3, -0.25) is 9.78 Å². The highest BCUT2D eigenvalue weighted by molar-refractivity contribution is 6.34. The third kappa shape index (κ3) is 1.90. The number of allylic oxidation sites excluding steroid dienone is 4. The minimum Gasteiger partial charge on any atom is -0.298 e. The predicted octanol–water partition coefficient (Wildman–Crippen LogP) is 3.14. The molecule has 0 unspecified atom stereocenters. The Bertz CT molecular complexity index is 487. The van der Waals surface area contributed by atoms with Crippen molar-refractivity contribution in [3.63, 3.8) is 0 Å². The van der Waals surface area contributed by atoms with Gasteiger partial charge in [0, 0.05) is 11.8 Å². The quantitative estimate of drug-likeness (QED) is 0.677. The van der Waals surface area contributed by atoms with Gasteiger partial charge in [0.05, 0.1) is 16.3 Å². The average molecular weight is 218 g/mol. The molecule has 1 aromatic rings. The van der Waals surface area contributed by atoms with Gasteiger partial charge in [-0.05, 0) is 6.08 Å². The fraction of sp³-hybridized carbons (Fsp3) is 0. The summed E-state index contributed by atoms with van der Waals surface area (Å²) in [6, 6.07) is 0. The first-order valence-corrected chi connectivity index (χ1v) is 4.86. The number of aldehydes is 1. The highest BCUT2D eigenvalue weighted by atomic mass is 35.5. The fourth-order valence-corrected chi connectivity index (χ4v) is 1.59. The number of aromatic nitrogens is 1. The molecular formula is C12H8ClNO. The fourth-order valence-electron chi connectivity index (χ4n) is 1.33. The van der Waals surface area contributed by atoms with Gasteiger partial charge >= 0.3 is 0 Å². The zero-order valence-corrected chi connectivity index (χ0v) is 8.61. The topological polar surface area (TPSA) is 30.0 Å². The summed E-state index contributed by atoms with van der Waals surface area (Å²) in [5.74, 6) is 0. The summed E-state index contributed by atoms with van der Waals surface area (Å²) in [4.78, 5) is 14.9. The van der Waals surface area contributed by atoms with Gasteiger partial charge in [-0.1, -0.05) is 42.0 Å². The smallest absolute Gasteiger partial charge is 0.153 e. The first kappa shape index (κ1) is 9.87. The van der Waals surface area contributed by atoms with Crippen LogP contribution in [0.15, 0.2) is 30.5 Å². The van der Waals surface area contributed by atoms with Crippen LogP contribution in [0.25, 0.3) is 12.2 Å². The predicted molar refractivity (Wildman–Crippen MR) is 61.8 cm³/mol. The second kappa shape index (κ2) is 4.24. The maximum Gasteiger partial charge on any atom is 0.153 e. The molecule has 0 atom stereocenters. The molecule has 74 valence electrons. The zero-order valence-electron chi connectivity index (χ0n) is 7.85. The molecule has 0 spiro atoms. The molecule has 0 aromatic carbocycles. The van der Waals surface area contributed by atoms with Crippen LogP contribution >= 0.6 is 11.6 Å². The number of fused-ring (bicyclic) bond motifs is 1. The Balaban J connectivity index is 2.66. The van der Waals surface area contributed by atoms with Gasteiger partial charge in [-0.2, -0.15) is 0 Å². The van der Waals surface area contributed by atoms with Crippen molar-refractivity contribution in [2.45, 2.75) is 0 Å². The van der Waals surface area contributed by atoms with Crippen LogP contribution in [0.3, 0.4) is 0 Å². The molecule has 0 saturated carbocycles. The summed E-state index contributed by atoms with van der Waals surface area (Å²) in [7, 11) is 0. The first-order chi connectivity index (χ1) is 7.33. The highest BCUT2D eigenvalue weighted by Crippen LogP contribution is 2.25. The summed E-state index contributed by atoms with van der Waals surface area (Å²) in [6.07, 6.45) is 13.4. The van der Waals surface area contributed by atoms with Crippen molar-refractivity contribution in [3.8, 4) is 0 Å². The number of pyridine rings is 1. The molecule has 0 N–H and O–H groups in total. The number of nitrogens with zero attached hydrogens (tertiary/aromatic N) is 1. The Morgan fingerprint density at radius 3 is 2.60 bits per heavy atom. The van der Waals surface area contributed by atoms with Crippen molar-refractivity contribution >= 4 is 30.0 Å². The number of hydrogen-bond donors (Lipinski definition) is 0. The highest BCUT2D eigenvalue weighted by Gasteiger charge is 2.08. The minimum absolute atomic E-state index is 0.415. The van der Waals surface area contributed by atoms with Gasteiger partial charge in [0.15, 0.2) is 6.29 Å². The molecule has 1 aliphatic rings. The van der Waals surface area contributed by atoms with Crippen molar-refractivity contribution < 1.29 is 4.79 Å². The molecular weight excluding hydrogens is 210 g/mol. The van der Waals surface area contributed by atoms with Crippen molar-refractivity contribution in [1.29, 1.82) is 0 Å². The van der Waals surface area contributed by atoms with Crippen molar-refractivity contribution in [1.82, 2.24) is 4.98 Å². The second-order valence-electron chi connectivity index (χ2n) is 3.05. The van der Waals surface area contributed by atoms with Crippen LogP contribution in [0.2, 0.25) is 5.02 Å². The first-order valence-electron chi connectivity index (χ1n) is 4.48. The molecule has 2 rings (SSSR count). The molecule has 0 bridgehead atoms. The minimum atomic E-state index is 0.415. The monoisotopic (exact) mass is 217 g/mol. The molecule has 0 aliphatic heterocycles. The maximum absolute atomic E-state index is 10.7. The average Bonchev–Trinajstić information content (AvgIpc) is 2.20. The summed E-state index contributed by atoms with van der Waals surface area (Å²) in [5.41, 5.74) is 1.96. The van der Waals surface area contributed by atoms with Crippen LogP contribution in [-0.4, -0.2) is 11.3 Å². The largest absolute Gasteiger partial charge is 0.298 e. The van der Waals surface area contributed by atoms with Crippen LogP contribution in [0.5, 0.6) is 0 Å². The van der Waals surface area contributed by atoms with Crippen LogP contribution < -0.4 is 0 Å². The summed E-state index contributed by atoms with van der Waals surface area (Å²) >= 11 is 6.07. The van der Waals surface area contributed by atoms with Gasteiger partial charge in [0.25, 0.3) is 0 Å². The number of halogens is 1. The standard InChI is InChI=1S/C12H8ClNO/c13-12-9(8-15)7-14-11-6-4-2-1-3-5-10(11)12/h1-8H/b2-1-,3-1?,4-2?,5-3-,6-4?,10-5?,11-6?. The lowest BCUT2D eigenvalue weighted by Gasteiger charge is -2.05. The second-order valence-corrected chi connectivity index (χ2v) is 3.43. The molecule has 0 saturated heterocycles. The van der Waals surface area contributed by atoms with Crippen molar-refractivity contribution in [2.75, 3.05) is 0 Å². The lowest BCUT2D eigenvalue weighted by Crippen LogP contribution is -1.94. The molecule has 15 heavy (non-hydrogen) atoms. The molecule has 0 radical (unpaired) electrons. The maximum atomic E-state index is 10.7. The van der Waals surface area contributed by atoms with Crippen molar-refractivity contribution in [2.24, 2.45) is 0 Å². The SMILES string of the molecule is O=Cc1cnc2c(c1Cl)/C=C\C=C/C=C2. The third-order valence-electron chi connectivity index (χ3n) is 2.09. The number of hydrogen-bond acceptors (Lipinski definition) is 2. The molecule has 3 heteroatoms. The van der Waals surface area contributed by atoms with Gasteiger partial charge < -0.3 is 0 Å². The number of rotatable bonds is 1. The molecule has 0 amide bonds. The van der Waals surface area contributed by atoms with E-state index in [-0.39, 0.29) is 0 Å². The van der Waals surface area contributed by atoms with E-state index in [0.29, 0.717) is 16.9 Å². The summed E-state index contributed by atoms with van der Waals surface area (Å²) in [5, 5.41) is 0.450. The molecule has 1 heterocycles. The lowest BCUT2D eigenvalue weighted by atomic mass is 10.1. The lowest BCUT2D eigenvalue weighted by molar-refractivity contribution is 0.112. The summed E-state index contributed by atoms with van der Waals surface area (Å²) in [6.45, 7) is 0. The normalized spacial score (nSPS) is 17.4. The molecule has 0 fully saturated rings. The van der Waals surface area contributed by atoms with E-state index in [9.17, 15) is 4.79 Å². The van der Waals surface area contributed by atoms with Gasteiger partial charge in [0.2, 0.25) is 0 Å². The van der Waals surface area contributed by atoms with E-state index in [1.807, 2.05) is 36.5 Å². The Morgan fingerprint density at radius 1 is 1.13 bits per heavy atom. The zero-order chi connectivity index (χ0) is 10.7. The van der Waals surface area contributed by atoms with Crippen LogP contribution in [0.1, 0.15) is 21.6 Å². The Hall–Kier alpha value is -1.67. The Morgan fingerprint density at radius 2 is 1.87 bits per heavy atom. The van der Waals surface area contributed by atoms with E-state index in [0.717, 1.165) is 11.3 Å². The van der Waals surface area contributed by atoms with Crippen LogP contribution in [-0.2, 0) is 0 Å². The number of carbonyl (C=O) groups is 1. The van der Waals surface area contributed by atoms with Crippen LogP contribution in [0, 0.1) is 0 Å². The van der Waals surface area contributed by atoms with Gasteiger partial charge in [-0.25, -0.2) is 0 Å². The van der Waals surface area contributed by atoms with Crippen LogP contribution in [0.4, 0.5) is 0 Å². The Labute approximate surface area is 92.6 Å². The molecule has 2 nitrogen and oxygen atoms in total. The Kier molecular flexibility index (Phi) is 2.79. The van der Waals surface area contributed by atoms with Crippen molar-refractivity contribution in [3.05, 3.63) is 52.3 Å². The van der Waals surface area contributed by atoms with Gasteiger partial charge in [-0.15, -0.1) is 0 Å². The van der Waals surface area contributed by atoms with E-state index in [4.69, 9.17) is 11.6 Å².